The Morgan fingerprint density at radius 3 is 2.67 bits per heavy atom. The van der Waals surface area contributed by atoms with Crippen LogP contribution in [0, 0.1) is 17.2 Å². The van der Waals surface area contributed by atoms with Crippen molar-refractivity contribution in [2.45, 2.75) is 56.6 Å². The van der Waals surface area contributed by atoms with Crippen molar-refractivity contribution in [2.24, 2.45) is 5.92 Å². The molecule has 230 valence electrons. The first-order valence-corrected chi connectivity index (χ1v) is 15.3. The summed E-state index contributed by atoms with van der Waals surface area (Å²) in [5.41, 5.74) is 4.25. The third-order valence-electron chi connectivity index (χ3n) is 7.27. The Kier molecular flexibility index (Phi) is 10.2. The molecular formula is C28H35N6O8P. The predicted molar refractivity (Wildman–Crippen MR) is 154 cm³/mol. The summed E-state index contributed by atoms with van der Waals surface area (Å²) in [4.78, 5) is 16.7. The van der Waals surface area contributed by atoms with E-state index in [4.69, 9.17) is 24.3 Å². The highest BCUT2D eigenvalue weighted by Crippen LogP contribution is 2.47. The molecule has 0 aliphatic carbocycles. The Morgan fingerprint density at radius 1 is 1.30 bits per heavy atom. The molecule has 2 aromatic heterocycles. The van der Waals surface area contributed by atoms with E-state index in [1.54, 1.807) is 24.3 Å². The number of para-hydroxylation sites is 1. The Morgan fingerprint density at radius 2 is 2.02 bits per heavy atom. The van der Waals surface area contributed by atoms with Crippen LogP contribution in [0.4, 0.5) is 5.82 Å². The number of nitrogens with two attached hydrogens (primary N) is 1. The minimum absolute atomic E-state index is 0.0851. The quantitative estimate of drug-likeness (QED) is 0.117. The van der Waals surface area contributed by atoms with Crippen LogP contribution in [-0.2, 0) is 29.0 Å². The molecule has 4 rings (SSSR count). The van der Waals surface area contributed by atoms with Gasteiger partial charge in [-0.1, -0.05) is 51.0 Å². The fraction of sp³-hybridized carbons (Fsp3) is 0.429. The fourth-order valence-electron chi connectivity index (χ4n) is 4.62. The molecule has 1 aliphatic heterocycles. The molecule has 0 unspecified atom stereocenters. The molecule has 15 heteroatoms. The van der Waals surface area contributed by atoms with E-state index in [0.717, 1.165) is 12.8 Å². The molecule has 0 radical (unpaired) electrons. The van der Waals surface area contributed by atoms with Gasteiger partial charge in [-0.2, -0.15) is 15.4 Å². The van der Waals surface area contributed by atoms with Crippen LogP contribution < -0.4 is 15.3 Å². The number of nitrogen functional groups attached to an aromatic ring is 1. The summed E-state index contributed by atoms with van der Waals surface area (Å²) in [6.07, 6.45) is -0.779. The van der Waals surface area contributed by atoms with E-state index in [9.17, 15) is 24.8 Å². The van der Waals surface area contributed by atoms with Crippen molar-refractivity contribution in [3.63, 3.8) is 0 Å². The van der Waals surface area contributed by atoms with E-state index >= 15 is 0 Å². The van der Waals surface area contributed by atoms with Gasteiger partial charge >= 0.3 is 13.7 Å². The number of nitrogens with zero attached hydrogens (tertiary/aromatic N) is 4. The fourth-order valence-corrected chi connectivity index (χ4v) is 6.09. The number of nitriles is 1. The average molecular weight is 615 g/mol. The number of hydrogen-bond donors (Lipinski definition) is 4. The smallest absolute Gasteiger partial charge is 0.459 e. The Balaban J connectivity index is 1.56. The lowest BCUT2D eigenvalue weighted by Crippen LogP contribution is -2.41. The van der Waals surface area contributed by atoms with E-state index in [0.29, 0.717) is 5.52 Å². The van der Waals surface area contributed by atoms with Crippen LogP contribution in [0.15, 0.2) is 61.4 Å². The van der Waals surface area contributed by atoms with Crippen molar-refractivity contribution in [2.75, 3.05) is 18.9 Å². The molecule has 1 fully saturated rings. The lowest BCUT2D eigenvalue weighted by Gasteiger charge is -2.26. The minimum atomic E-state index is -4.40. The van der Waals surface area contributed by atoms with Gasteiger partial charge < -0.3 is 29.9 Å². The van der Waals surface area contributed by atoms with E-state index in [2.05, 4.69) is 21.7 Å². The highest BCUT2D eigenvalue weighted by molar-refractivity contribution is 7.52. The molecule has 3 aromatic rings. The van der Waals surface area contributed by atoms with Crippen molar-refractivity contribution in [1.29, 1.82) is 5.26 Å². The van der Waals surface area contributed by atoms with Crippen LogP contribution in [0.2, 0.25) is 0 Å². The summed E-state index contributed by atoms with van der Waals surface area (Å²) in [5, 5.41) is 38.7. The van der Waals surface area contributed by atoms with Crippen molar-refractivity contribution < 1.29 is 38.1 Å². The molecule has 0 bridgehead atoms. The van der Waals surface area contributed by atoms with E-state index in [1.807, 2.05) is 19.9 Å². The van der Waals surface area contributed by atoms with Gasteiger partial charge in [-0.15, -0.1) is 6.58 Å². The van der Waals surface area contributed by atoms with E-state index in [1.165, 1.54) is 35.1 Å². The SMILES string of the molecule is C=C[C@H](N[P@](=O)(OC[C@H]1O[C@@](C#N)(c2ccc3c(N)ncnn23)[C@H](O)[C@@H]1O)Oc1ccccc1)C(=O)OCC(CC)CC. The maximum absolute atomic E-state index is 14.0. The number of nitrogens with one attached hydrogen (secondary N) is 1. The first-order chi connectivity index (χ1) is 20.6. The summed E-state index contributed by atoms with van der Waals surface area (Å²) >= 11 is 0. The molecule has 0 spiro atoms. The summed E-state index contributed by atoms with van der Waals surface area (Å²) in [5.74, 6) is -0.295. The molecule has 1 aromatic carbocycles. The standard InChI is InChI=1S/C28H35N6O8P/c1-4-18(5-2)14-39-27(37)20(6-3)33-43(38,42-19-10-8-7-9-11-19)40-15-22-24(35)25(36)28(16-29,41-22)23-13-12-21-26(30)31-17-32-34(21)23/h6-13,17-18,20,22,24-25,35-36H,3-5,14-15H2,1-2H3,(H,33,38)(H2,30,31,32)/t20-,22+,24+,25+,28-,43-/m0/s1. The van der Waals surface area contributed by atoms with Crippen LogP contribution in [0.25, 0.3) is 5.52 Å². The summed E-state index contributed by atoms with van der Waals surface area (Å²) in [6.45, 7) is 7.16. The molecule has 1 aliphatic rings. The van der Waals surface area contributed by atoms with E-state index < -0.39 is 50.3 Å². The number of aliphatic hydroxyl groups is 2. The zero-order valence-corrected chi connectivity index (χ0v) is 24.7. The van der Waals surface area contributed by atoms with Crippen LogP contribution in [-0.4, -0.2) is 68.3 Å². The third-order valence-corrected chi connectivity index (χ3v) is 8.80. The number of carbonyl (C=O) groups excluding carboxylic acids is 1. The summed E-state index contributed by atoms with van der Waals surface area (Å²) < 4.78 is 37.9. The number of rotatable bonds is 14. The largest absolute Gasteiger partial charge is 0.464 e. The normalized spacial score (nSPS) is 23.9. The van der Waals surface area contributed by atoms with Crippen LogP contribution in [0.5, 0.6) is 5.75 Å². The van der Waals surface area contributed by atoms with Crippen molar-refractivity contribution in [3.8, 4) is 11.8 Å². The first-order valence-electron chi connectivity index (χ1n) is 13.7. The zero-order valence-electron chi connectivity index (χ0n) is 23.8. The molecule has 0 amide bonds. The van der Waals surface area contributed by atoms with Crippen molar-refractivity contribution >= 4 is 25.1 Å². The number of carbonyl (C=O) groups is 1. The molecular weight excluding hydrogens is 579 g/mol. The number of esters is 1. The summed E-state index contributed by atoms with van der Waals surface area (Å²) in [7, 11) is -4.40. The number of hydrogen-bond acceptors (Lipinski definition) is 12. The topological polar surface area (TPSA) is 204 Å². The van der Waals surface area contributed by atoms with Gasteiger partial charge in [0.25, 0.3) is 0 Å². The van der Waals surface area contributed by atoms with Gasteiger partial charge in [0.1, 0.15) is 48.0 Å². The number of aromatic nitrogens is 3. The van der Waals surface area contributed by atoms with E-state index in [-0.39, 0.29) is 29.8 Å². The maximum atomic E-state index is 14.0. The highest BCUT2D eigenvalue weighted by Gasteiger charge is 2.58. The molecule has 14 nitrogen and oxygen atoms in total. The van der Waals surface area contributed by atoms with Crippen LogP contribution in [0.3, 0.4) is 0 Å². The molecule has 43 heavy (non-hydrogen) atoms. The predicted octanol–water partition coefficient (Wildman–Crippen LogP) is 2.48. The van der Waals surface area contributed by atoms with Gasteiger partial charge in [-0.25, -0.2) is 18.9 Å². The number of benzene rings is 1. The molecule has 0 saturated carbocycles. The van der Waals surface area contributed by atoms with Gasteiger partial charge in [0.05, 0.1) is 18.9 Å². The van der Waals surface area contributed by atoms with Crippen LogP contribution in [0.1, 0.15) is 32.4 Å². The Bertz CT molecular complexity index is 1510. The average Bonchev–Trinajstić information content (AvgIpc) is 3.56. The molecule has 6 atom stereocenters. The van der Waals surface area contributed by atoms with Gasteiger partial charge in [-0.3, -0.25) is 4.52 Å². The van der Waals surface area contributed by atoms with Gasteiger partial charge in [0.2, 0.25) is 5.60 Å². The molecule has 3 heterocycles. The van der Waals surface area contributed by atoms with Gasteiger partial charge in [0, 0.05) is 0 Å². The second-order valence-corrected chi connectivity index (χ2v) is 11.6. The minimum Gasteiger partial charge on any atom is -0.464 e. The highest BCUT2D eigenvalue weighted by atomic mass is 31.2. The number of anilines is 1. The summed E-state index contributed by atoms with van der Waals surface area (Å²) in [6, 6.07) is 11.7. The zero-order chi connectivity index (χ0) is 31.2. The molecule has 1 saturated heterocycles. The number of aliphatic hydroxyl groups excluding tert-OH is 2. The Hall–Kier alpha value is -3.83. The lowest BCUT2D eigenvalue weighted by molar-refractivity contribution is -0.146. The lowest BCUT2D eigenvalue weighted by atomic mass is 9.92. The second-order valence-electron chi connectivity index (χ2n) is 9.95. The van der Waals surface area contributed by atoms with Crippen molar-refractivity contribution in [3.05, 3.63) is 67.1 Å². The molecule has 5 N–H and O–H groups in total. The van der Waals surface area contributed by atoms with Gasteiger partial charge in [-0.05, 0) is 30.2 Å². The number of fused-ring (bicyclic) bond motifs is 1. The van der Waals surface area contributed by atoms with Crippen LogP contribution >= 0.6 is 7.75 Å². The monoisotopic (exact) mass is 614 g/mol. The second kappa shape index (κ2) is 13.6. The van der Waals surface area contributed by atoms with Gasteiger partial charge in [0.15, 0.2) is 5.82 Å². The Labute approximate surface area is 248 Å². The first kappa shape index (κ1) is 32.1. The van der Waals surface area contributed by atoms with Crippen molar-refractivity contribution in [1.82, 2.24) is 19.7 Å². The third kappa shape index (κ3) is 6.73. The number of ether oxygens (including phenoxy) is 2. The maximum Gasteiger partial charge on any atom is 0.459 e.